The summed E-state index contributed by atoms with van der Waals surface area (Å²) in [4.78, 5) is 16.3. The van der Waals surface area contributed by atoms with Crippen molar-refractivity contribution in [1.82, 2.24) is 14.9 Å². The Morgan fingerprint density at radius 1 is 1.00 bits per heavy atom. The number of imidazole rings is 1. The molecule has 3 rings (SSSR count). The summed E-state index contributed by atoms with van der Waals surface area (Å²) in [6.45, 7) is 0.385. The van der Waals surface area contributed by atoms with Gasteiger partial charge in [-0.2, -0.15) is 0 Å². The summed E-state index contributed by atoms with van der Waals surface area (Å²) in [5.74, 6) is 0.698. The monoisotopic (exact) mass is 277 g/mol. The molecule has 1 aromatic heterocycles. The molecule has 4 heteroatoms. The van der Waals surface area contributed by atoms with Gasteiger partial charge in [0.1, 0.15) is 5.82 Å². The van der Waals surface area contributed by atoms with E-state index in [1.165, 1.54) is 0 Å². The lowest BCUT2D eigenvalue weighted by Gasteiger charge is -2.09. The van der Waals surface area contributed by atoms with E-state index in [1.807, 2.05) is 59.3 Å². The van der Waals surface area contributed by atoms with Gasteiger partial charge in [0.2, 0.25) is 0 Å². The van der Waals surface area contributed by atoms with Crippen molar-refractivity contribution < 1.29 is 4.79 Å². The summed E-state index contributed by atoms with van der Waals surface area (Å²) in [5, 5.41) is 2.89. The highest BCUT2D eigenvalue weighted by molar-refractivity contribution is 5.93. The first-order valence-electron chi connectivity index (χ1n) is 6.75. The van der Waals surface area contributed by atoms with Gasteiger partial charge in [0.05, 0.1) is 6.54 Å². The molecular formula is C17H15N3O. The highest BCUT2D eigenvalue weighted by atomic mass is 16.1. The standard InChI is InChI=1S/C17H15N3O/c21-17(14-7-3-1-4-8-14)19-13-16-18-11-12-20(16)15-9-5-2-6-10-15/h1-12H,13H2,(H,19,21). The molecule has 0 aliphatic rings. The normalized spacial score (nSPS) is 10.3. The molecule has 4 nitrogen and oxygen atoms in total. The van der Waals surface area contributed by atoms with E-state index in [4.69, 9.17) is 0 Å². The SMILES string of the molecule is O=C(NCc1nccn1-c1ccccc1)c1ccccc1. The Labute approximate surface area is 123 Å². The smallest absolute Gasteiger partial charge is 0.251 e. The third-order valence-corrected chi connectivity index (χ3v) is 3.19. The van der Waals surface area contributed by atoms with E-state index in [1.54, 1.807) is 18.3 Å². The lowest BCUT2D eigenvalue weighted by molar-refractivity contribution is 0.0949. The average molecular weight is 277 g/mol. The van der Waals surface area contributed by atoms with Crippen LogP contribution in [0.15, 0.2) is 73.1 Å². The molecule has 0 aliphatic heterocycles. The molecule has 1 N–H and O–H groups in total. The number of para-hydroxylation sites is 1. The van der Waals surface area contributed by atoms with Crippen LogP contribution >= 0.6 is 0 Å². The number of hydrogen-bond acceptors (Lipinski definition) is 2. The van der Waals surface area contributed by atoms with Crippen LogP contribution in [0.2, 0.25) is 0 Å². The van der Waals surface area contributed by atoms with Gasteiger partial charge in [0.25, 0.3) is 5.91 Å². The minimum atomic E-state index is -0.0989. The highest BCUT2D eigenvalue weighted by Gasteiger charge is 2.08. The minimum Gasteiger partial charge on any atom is -0.345 e. The molecule has 0 radical (unpaired) electrons. The molecule has 0 saturated carbocycles. The van der Waals surface area contributed by atoms with Gasteiger partial charge in [-0.1, -0.05) is 36.4 Å². The number of carbonyl (C=O) groups is 1. The van der Waals surface area contributed by atoms with Gasteiger partial charge in [-0.05, 0) is 24.3 Å². The van der Waals surface area contributed by atoms with Crippen LogP contribution in [0.1, 0.15) is 16.2 Å². The van der Waals surface area contributed by atoms with Crippen molar-refractivity contribution in [1.29, 1.82) is 0 Å². The Balaban J connectivity index is 1.73. The average Bonchev–Trinajstić information content (AvgIpc) is 3.03. The van der Waals surface area contributed by atoms with Gasteiger partial charge in [0, 0.05) is 23.6 Å². The van der Waals surface area contributed by atoms with E-state index in [9.17, 15) is 4.79 Å². The van der Waals surface area contributed by atoms with Crippen molar-refractivity contribution in [2.75, 3.05) is 0 Å². The first-order chi connectivity index (χ1) is 10.3. The fourth-order valence-corrected chi connectivity index (χ4v) is 2.14. The molecule has 2 aromatic carbocycles. The quantitative estimate of drug-likeness (QED) is 0.797. The summed E-state index contributed by atoms with van der Waals surface area (Å²) in [5.41, 5.74) is 1.68. The maximum absolute atomic E-state index is 12.0. The second kappa shape index (κ2) is 6.05. The molecule has 1 amide bonds. The fourth-order valence-electron chi connectivity index (χ4n) is 2.14. The lowest BCUT2D eigenvalue weighted by atomic mass is 10.2. The third-order valence-electron chi connectivity index (χ3n) is 3.19. The Morgan fingerprint density at radius 2 is 1.67 bits per heavy atom. The van der Waals surface area contributed by atoms with Crippen LogP contribution in [0.4, 0.5) is 0 Å². The van der Waals surface area contributed by atoms with Crippen molar-refractivity contribution in [3.8, 4) is 5.69 Å². The van der Waals surface area contributed by atoms with E-state index < -0.39 is 0 Å². The minimum absolute atomic E-state index is 0.0989. The van der Waals surface area contributed by atoms with Crippen LogP contribution in [0.25, 0.3) is 5.69 Å². The molecule has 104 valence electrons. The van der Waals surface area contributed by atoms with E-state index in [0.29, 0.717) is 12.1 Å². The van der Waals surface area contributed by atoms with Crippen LogP contribution in [-0.2, 0) is 6.54 Å². The molecule has 0 saturated heterocycles. The van der Waals surface area contributed by atoms with Gasteiger partial charge in [-0.15, -0.1) is 0 Å². The summed E-state index contributed by atoms with van der Waals surface area (Å²) < 4.78 is 1.96. The fraction of sp³-hybridized carbons (Fsp3) is 0.0588. The van der Waals surface area contributed by atoms with Gasteiger partial charge >= 0.3 is 0 Å². The number of amides is 1. The van der Waals surface area contributed by atoms with E-state index in [-0.39, 0.29) is 5.91 Å². The Hall–Kier alpha value is -2.88. The van der Waals surface area contributed by atoms with Gasteiger partial charge < -0.3 is 9.88 Å². The van der Waals surface area contributed by atoms with Crippen molar-refractivity contribution in [3.63, 3.8) is 0 Å². The molecule has 0 fully saturated rings. The van der Waals surface area contributed by atoms with Crippen molar-refractivity contribution >= 4 is 5.91 Å². The van der Waals surface area contributed by atoms with Crippen molar-refractivity contribution in [2.24, 2.45) is 0 Å². The third kappa shape index (κ3) is 3.00. The molecule has 1 heterocycles. The number of benzene rings is 2. The molecule has 3 aromatic rings. The largest absolute Gasteiger partial charge is 0.345 e. The second-order valence-electron chi connectivity index (χ2n) is 4.60. The predicted octanol–water partition coefficient (Wildman–Crippen LogP) is 2.80. The van der Waals surface area contributed by atoms with E-state index in [2.05, 4.69) is 10.3 Å². The Bertz CT molecular complexity index is 720. The topological polar surface area (TPSA) is 46.9 Å². The zero-order chi connectivity index (χ0) is 14.5. The summed E-state index contributed by atoms with van der Waals surface area (Å²) in [6, 6.07) is 19.1. The van der Waals surface area contributed by atoms with E-state index >= 15 is 0 Å². The molecule has 0 bridgehead atoms. The number of rotatable bonds is 4. The lowest BCUT2D eigenvalue weighted by Crippen LogP contribution is -2.24. The zero-order valence-corrected chi connectivity index (χ0v) is 11.4. The van der Waals surface area contributed by atoms with Gasteiger partial charge in [0.15, 0.2) is 0 Å². The summed E-state index contributed by atoms with van der Waals surface area (Å²) in [6.07, 6.45) is 3.62. The second-order valence-corrected chi connectivity index (χ2v) is 4.60. The van der Waals surface area contributed by atoms with Gasteiger partial charge in [-0.25, -0.2) is 4.98 Å². The van der Waals surface area contributed by atoms with Crippen LogP contribution in [0.3, 0.4) is 0 Å². The molecule has 0 atom stereocenters. The van der Waals surface area contributed by atoms with Crippen LogP contribution in [0.5, 0.6) is 0 Å². The van der Waals surface area contributed by atoms with Crippen LogP contribution in [-0.4, -0.2) is 15.5 Å². The van der Waals surface area contributed by atoms with Crippen LogP contribution in [0, 0.1) is 0 Å². The number of aromatic nitrogens is 2. The summed E-state index contributed by atoms with van der Waals surface area (Å²) >= 11 is 0. The van der Waals surface area contributed by atoms with E-state index in [0.717, 1.165) is 11.5 Å². The maximum atomic E-state index is 12.0. The summed E-state index contributed by atoms with van der Waals surface area (Å²) in [7, 11) is 0. The molecule has 0 unspecified atom stereocenters. The highest BCUT2D eigenvalue weighted by Crippen LogP contribution is 2.10. The molecule has 0 aliphatic carbocycles. The molecule has 0 spiro atoms. The van der Waals surface area contributed by atoms with Crippen molar-refractivity contribution in [3.05, 3.63) is 84.4 Å². The maximum Gasteiger partial charge on any atom is 0.251 e. The molecule has 21 heavy (non-hydrogen) atoms. The first-order valence-corrected chi connectivity index (χ1v) is 6.75. The predicted molar refractivity (Wildman–Crippen MR) is 81.2 cm³/mol. The van der Waals surface area contributed by atoms with Crippen LogP contribution < -0.4 is 5.32 Å². The zero-order valence-electron chi connectivity index (χ0n) is 11.4. The van der Waals surface area contributed by atoms with Gasteiger partial charge in [-0.3, -0.25) is 4.79 Å². The number of carbonyl (C=O) groups excluding carboxylic acids is 1. The molecular weight excluding hydrogens is 262 g/mol. The number of nitrogens with zero attached hydrogens (tertiary/aromatic N) is 2. The number of nitrogens with one attached hydrogen (secondary N) is 1. The van der Waals surface area contributed by atoms with Crippen molar-refractivity contribution in [2.45, 2.75) is 6.54 Å². The first kappa shape index (κ1) is 13.1. The Morgan fingerprint density at radius 3 is 2.38 bits per heavy atom. The number of hydrogen-bond donors (Lipinski definition) is 1. The Kier molecular flexibility index (Phi) is 3.78.